The minimum absolute atomic E-state index is 0.00991. The monoisotopic (exact) mass is 176 g/mol. The molecule has 0 saturated heterocycles. The van der Waals surface area contributed by atoms with Gasteiger partial charge in [-0.2, -0.15) is 0 Å². The van der Waals surface area contributed by atoms with E-state index < -0.39 is 0 Å². The highest BCUT2D eigenvalue weighted by atomic mass is 16.1. The molecule has 0 aliphatic carbocycles. The lowest BCUT2D eigenvalue weighted by Crippen LogP contribution is -2.05. The standard InChI is InChI=1S/C10H12N2O/c1-6-5-11-10(13)8-4-7(2)12(3)9(6)8/h4-5H,1-3H3,(H,11,13). The first-order chi connectivity index (χ1) is 6.11. The number of hydrogen-bond donors (Lipinski definition) is 1. The largest absolute Gasteiger partial charge is 0.348 e. The topological polar surface area (TPSA) is 37.8 Å². The Kier molecular flexibility index (Phi) is 1.55. The third kappa shape index (κ3) is 1.00. The second kappa shape index (κ2) is 2.49. The van der Waals surface area contributed by atoms with Crippen LogP contribution >= 0.6 is 0 Å². The number of aromatic nitrogens is 2. The van der Waals surface area contributed by atoms with E-state index in [4.69, 9.17) is 0 Å². The normalized spacial score (nSPS) is 11.0. The van der Waals surface area contributed by atoms with Crippen molar-refractivity contribution in [1.82, 2.24) is 9.55 Å². The van der Waals surface area contributed by atoms with Gasteiger partial charge < -0.3 is 9.55 Å². The molecule has 0 aromatic carbocycles. The highest BCUT2D eigenvalue weighted by molar-refractivity contribution is 5.82. The summed E-state index contributed by atoms with van der Waals surface area (Å²) >= 11 is 0. The van der Waals surface area contributed by atoms with Crippen LogP contribution in [0.3, 0.4) is 0 Å². The fourth-order valence-corrected chi connectivity index (χ4v) is 1.70. The molecule has 0 aliphatic rings. The highest BCUT2D eigenvalue weighted by Gasteiger charge is 2.07. The molecule has 0 saturated carbocycles. The molecule has 2 aromatic rings. The number of hydrogen-bond acceptors (Lipinski definition) is 1. The van der Waals surface area contributed by atoms with Gasteiger partial charge in [-0.3, -0.25) is 4.79 Å². The van der Waals surface area contributed by atoms with E-state index in [9.17, 15) is 4.79 Å². The van der Waals surface area contributed by atoms with Gasteiger partial charge in [0.2, 0.25) is 0 Å². The van der Waals surface area contributed by atoms with Gasteiger partial charge in [-0.05, 0) is 25.5 Å². The van der Waals surface area contributed by atoms with Gasteiger partial charge in [0, 0.05) is 18.9 Å². The third-order valence-corrected chi connectivity index (χ3v) is 2.51. The number of nitrogens with zero attached hydrogens (tertiary/aromatic N) is 1. The average molecular weight is 176 g/mol. The molecule has 0 atom stereocenters. The molecule has 1 N–H and O–H groups in total. The van der Waals surface area contributed by atoms with Crippen LogP contribution in [0.4, 0.5) is 0 Å². The number of aryl methyl sites for hydroxylation is 3. The SMILES string of the molecule is Cc1c[nH]c(=O)c2cc(C)n(C)c12. The van der Waals surface area contributed by atoms with Crippen LogP contribution in [0.1, 0.15) is 11.3 Å². The summed E-state index contributed by atoms with van der Waals surface area (Å²) in [6, 6.07) is 1.92. The molecule has 0 amide bonds. The minimum Gasteiger partial charge on any atom is -0.348 e. The zero-order chi connectivity index (χ0) is 9.59. The van der Waals surface area contributed by atoms with E-state index in [1.807, 2.05) is 31.5 Å². The Bertz CT molecular complexity index is 519. The quantitative estimate of drug-likeness (QED) is 0.648. The van der Waals surface area contributed by atoms with Crippen molar-refractivity contribution in [3.63, 3.8) is 0 Å². The van der Waals surface area contributed by atoms with Crippen molar-refractivity contribution in [2.45, 2.75) is 13.8 Å². The predicted octanol–water partition coefficient (Wildman–Crippen LogP) is 1.48. The van der Waals surface area contributed by atoms with Crippen molar-refractivity contribution in [2.75, 3.05) is 0 Å². The molecular weight excluding hydrogens is 164 g/mol. The van der Waals surface area contributed by atoms with Gasteiger partial charge >= 0.3 is 0 Å². The molecule has 3 nitrogen and oxygen atoms in total. The van der Waals surface area contributed by atoms with Gasteiger partial charge in [0.15, 0.2) is 0 Å². The second-order valence-electron chi connectivity index (χ2n) is 3.41. The van der Waals surface area contributed by atoms with Crippen LogP contribution < -0.4 is 5.56 Å². The van der Waals surface area contributed by atoms with Gasteiger partial charge in [0.1, 0.15) is 0 Å². The summed E-state index contributed by atoms with van der Waals surface area (Å²) in [4.78, 5) is 14.1. The van der Waals surface area contributed by atoms with Gasteiger partial charge in [-0.1, -0.05) is 0 Å². The Morgan fingerprint density at radius 3 is 2.69 bits per heavy atom. The first-order valence-corrected chi connectivity index (χ1v) is 4.25. The molecule has 0 aliphatic heterocycles. The summed E-state index contributed by atoms with van der Waals surface area (Å²) in [6.45, 7) is 4.00. The van der Waals surface area contributed by atoms with Gasteiger partial charge in [-0.15, -0.1) is 0 Å². The smallest absolute Gasteiger partial charge is 0.257 e. The van der Waals surface area contributed by atoms with Gasteiger partial charge in [0.05, 0.1) is 10.9 Å². The fourth-order valence-electron chi connectivity index (χ4n) is 1.70. The highest BCUT2D eigenvalue weighted by Crippen LogP contribution is 2.17. The van der Waals surface area contributed by atoms with E-state index in [-0.39, 0.29) is 5.56 Å². The number of H-pyrrole nitrogens is 1. The van der Waals surface area contributed by atoms with Gasteiger partial charge in [0.25, 0.3) is 5.56 Å². The van der Waals surface area contributed by atoms with E-state index in [0.29, 0.717) is 0 Å². The van der Waals surface area contributed by atoms with Crippen molar-refractivity contribution in [1.29, 1.82) is 0 Å². The summed E-state index contributed by atoms with van der Waals surface area (Å²) in [5.41, 5.74) is 3.23. The fraction of sp³-hybridized carbons (Fsp3) is 0.300. The van der Waals surface area contributed by atoms with E-state index in [1.54, 1.807) is 6.20 Å². The zero-order valence-electron chi connectivity index (χ0n) is 8.01. The van der Waals surface area contributed by atoms with Crippen molar-refractivity contribution in [3.05, 3.63) is 33.9 Å². The number of aromatic amines is 1. The molecule has 3 heteroatoms. The Morgan fingerprint density at radius 2 is 2.08 bits per heavy atom. The van der Waals surface area contributed by atoms with E-state index in [1.165, 1.54) is 0 Å². The molecule has 2 heterocycles. The molecule has 0 radical (unpaired) electrons. The van der Waals surface area contributed by atoms with Crippen LogP contribution in [-0.4, -0.2) is 9.55 Å². The van der Waals surface area contributed by atoms with Gasteiger partial charge in [-0.25, -0.2) is 0 Å². The second-order valence-corrected chi connectivity index (χ2v) is 3.41. The van der Waals surface area contributed by atoms with Crippen LogP contribution in [-0.2, 0) is 7.05 Å². The number of rotatable bonds is 0. The molecule has 0 bridgehead atoms. The molecule has 0 unspecified atom stereocenters. The first kappa shape index (κ1) is 8.10. The van der Waals surface area contributed by atoms with Crippen LogP contribution in [0.15, 0.2) is 17.1 Å². The number of fused-ring (bicyclic) bond motifs is 1. The molecular formula is C10H12N2O. The van der Waals surface area contributed by atoms with E-state index >= 15 is 0 Å². The first-order valence-electron chi connectivity index (χ1n) is 4.25. The Balaban J connectivity index is 3.09. The Hall–Kier alpha value is -1.51. The lowest BCUT2D eigenvalue weighted by Gasteiger charge is -2.01. The maximum atomic E-state index is 11.4. The summed E-state index contributed by atoms with van der Waals surface area (Å²) < 4.78 is 2.04. The third-order valence-electron chi connectivity index (χ3n) is 2.51. The van der Waals surface area contributed by atoms with Crippen molar-refractivity contribution < 1.29 is 0 Å². The van der Waals surface area contributed by atoms with Crippen LogP contribution in [0.2, 0.25) is 0 Å². The van der Waals surface area contributed by atoms with Crippen LogP contribution in [0, 0.1) is 13.8 Å². The van der Waals surface area contributed by atoms with Crippen LogP contribution in [0.25, 0.3) is 10.9 Å². The maximum absolute atomic E-state index is 11.4. The molecule has 2 rings (SSSR count). The predicted molar refractivity (Wildman–Crippen MR) is 53.0 cm³/mol. The summed E-state index contributed by atoms with van der Waals surface area (Å²) in [5.74, 6) is 0. The minimum atomic E-state index is -0.00991. The molecule has 13 heavy (non-hydrogen) atoms. The lowest BCUT2D eigenvalue weighted by molar-refractivity contribution is 0.913. The lowest BCUT2D eigenvalue weighted by atomic mass is 10.2. The summed E-state index contributed by atoms with van der Waals surface area (Å²) in [5, 5.41) is 0.778. The molecule has 2 aromatic heterocycles. The Labute approximate surface area is 76.0 Å². The number of pyridine rings is 1. The van der Waals surface area contributed by atoms with Crippen molar-refractivity contribution >= 4 is 10.9 Å². The zero-order valence-corrected chi connectivity index (χ0v) is 8.01. The molecule has 68 valence electrons. The molecule has 0 fully saturated rings. The summed E-state index contributed by atoms with van der Waals surface area (Å²) in [7, 11) is 1.98. The average Bonchev–Trinajstić information content (AvgIpc) is 2.38. The Morgan fingerprint density at radius 1 is 1.38 bits per heavy atom. The van der Waals surface area contributed by atoms with Crippen molar-refractivity contribution in [3.8, 4) is 0 Å². The van der Waals surface area contributed by atoms with Crippen LogP contribution in [0.5, 0.6) is 0 Å². The maximum Gasteiger partial charge on any atom is 0.257 e. The summed E-state index contributed by atoms with van der Waals surface area (Å²) in [6.07, 6.45) is 1.75. The van der Waals surface area contributed by atoms with E-state index in [2.05, 4.69) is 4.98 Å². The van der Waals surface area contributed by atoms with E-state index in [0.717, 1.165) is 22.2 Å². The number of nitrogens with one attached hydrogen (secondary N) is 1. The molecule has 0 spiro atoms. The van der Waals surface area contributed by atoms with Crippen molar-refractivity contribution in [2.24, 2.45) is 7.05 Å².